The summed E-state index contributed by atoms with van der Waals surface area (Å²) in [6.45, 7) is 10.2. The molecule has 48 heavy (non-hydrogen) atoms. The average Bonchev–Trinajstić information content (AvgIpc) is 3.32. The van der Waals surface area contributed by atoms with Crippen molar-refractivity contribution in [3.8, 4) is 17.4 Å². The number of nitrogens with zero attached hydrogens (tertiary/aromatic N) is 4. The lowest BCUT2D eigenvalue weighted by atomic mass is 9.84. The number of piperidine rings is 1. The second kappa shape index (κ2) is 14.0. The van der Waals surface area contributed by atoms with E-state index in [1.807, 2.05) is 93.6 Å². The van der Waals surface area contributed by atoms with Gasteiger partial charge in [0.25, 0.3) is 0 Å². The first-order valence-corrected chi connectivity index (χ1v) is 16.6. The summed E-state index contributed by atoms with van der Waals surface area (Å²) >= 11 is 0. The standard InChI is InChI=1S/C39H44N4O5/c1-27-24-42(21-20-30(27)22-36(44)48-39(2,3)4)31-16-17-32-34(23-31)41(5)38(45)43(32)33-18-19-35(46-25-28-12-8-6-9-13-28)40-37(33)47-26-29-14-10-7-11-15-29/h6-19,23,27,30H,20-22,24-26H2,1-5H3/t27-,30-/m0/s1. The fraction of sp³-hybridized carbons (Fsp3) is 0.359. The first kappa shape index (κ1) is 32.9. The van der Waals surface area contributed by atoms with Gasteiger partial charge >= 0.3 is 11.7 Å². The van der Waals surface area contributed by atoms with Crippen molar-refractivity contribution >= 4 is 22.7 Å². The maximum Gasteiger partial charge on any atom is 0.333 e. The van der Waals surface area contributed by atoms with E-state index in [9.17, 15) is 9.59 Å². The van der Waals surface area contributed by atoms with Crippen LogP contribution < -0.4 is 20.1 Å². The molecule has 0 unspecified atom stereocenters. The highest BCUT2D eigenvalue weighted by molar-refractivity contribution is 5.82. The van der Waals surface area contributed by atoms with Gasteiger partial charge in [0.2, 0.25) is 11.8 Å². The quantitative estimate of drug-likeness (QED) is 0.150. The number of carbonyl (C=O) groups excluding carboxylic acids is 1. The maximum atomic E-state index is 13.8. The van der Waals surface area contributed by atoms with Gasteiger partial charge in [0, 0.05) is 38.3 Å². The van der Waals surface area contributed by atoms with Crippen molar-refractivity contribution in [2.75, 3.05) is 18.0 Å². The molecule has 0 amide bonds. The van der Waals surface area contributed by atoms with Crippen molar-refractivity contribution in [3.05, 3.63) is 113 Å². The molecular formula is C39H44N4O5. The SMILES string of the molecule is C[C@H]1CN(c2ccc3c(c2)n(C)c(=O)n3-c2ccc(OCc3ccccc3)nc2OCc2ccccc2)CC[C@H]1CC(=O)OC(C)(C)C. The number of rotatable bonds is 10. The summed E-state index contributed by atoms with van der Waals surface area (Å²) in [7, 11) is 1.79. The minimum atomic E-state index is -0.480. The number of carbonyl (C=O) groups is 1. The molecule has 5 aromatic rings. The van der Waals surface area contributed by atoms with E-state index in [4.69, 9.17) is 19.2 Å². The van der Waals surface area contributed by atoms with E-state index in [1.54, 1.807) is 22.2 Å². The minimum absolute atomic E-state index is 0.136. The van der Waals surface area contributed by atoms with Gasteiger partial charge in [0.1, 0.15) is 24.5 Å². The van der Waals surface area contributed by atoms with Gasteiger partial charge in [0.05, 0.1) is 11.0 Å². The smallest absolute Gasteiger partial charge is 0.333 e. The number of fused-ring (bicyclic) bond motifs is 1. The normalized spacial score (nSPS) is 16.6. The number of aryl methyl sites for hydroxylation is 1. The molecule has 0 bridgehead atoms. The third-order valence-corrected chi connectivity index (χ3v) is 8.84. The minimum Gasteiger partial charge on any atom is -0.473 e. The number of hydrogen-bond donors (Lipinski definition) is 0. The Kier molecular flexibility index (Phi) is 9.57. The number of pyridine rings is 1. The van der Waals surface area contributed by atoms with E-state index in [0.717, 1.165) is 47.4 Å². The Morgan fingerprint density at radius 2 is 1.54 bits per heavy atom. The zero-order chi connectivity index (χ0) is 33.8. The first-order valence-electron chi connectivity index (χ1n) is 16.6. The zero-order valence-electron chi connectivity index (χ0n) is 28.4. The highest BCUT2D eigenvalue weighted by atomic mass is 16.6. The molecule has 3 aromatic carbocycles. The predicted molar refractivity (Wildman–Crippen MR) is 188 cm³/mol. The van der Waals surface area contributed by atoms with E-state index in [-0.39, 0.29) is 24.2 Å². The van der Waals surface area contributed by atoms with Crippen LogP contribution in [0.25, 0.3) is 16.7 Å². The molecule has 3 heterocycles. The molecule has 6 rings (SSSR count). The number of benzene rings is 3. The van der Waals surface area contributed by atoms with Gasteiger partial charge in [-0.05, 0) is 74.4 Å². The van der Waals surface area contributed by atoms with E-state index in [0.29, 0.717) is 36.4 Å². The second-order valence-corrected chi connectivity index (χ2v) is 13.6. The molecule has 0 saturated carbocycles. The Balaban J connectivity index is 1.26. The van der Waals surface area contributed by atoms with Crippen molar-refractivity contribution in [3.63, 3.8) is 0 Å². The van der Waals surface area contributed by atoms with Crippen molar-refractivity contribution in [1.29, 1.82) is 0 Å². The molecule has 9 nitrogen and oxygen atoms in total. The number of aromatic nitrogens is 3. The fourth-order valence-electron chi connectivity index (χ4n) is 6.31. The third kappa shape index (κ3) is 7.56. The molecule has 1 fully saturated rings. The molecule has 1 aliphatic heterocycles. The summed E-state index contributed by atoms with van der Waals surface area (Å²) in [6.07, 6.45) is 1.33. The van der Waals surface area contributed by atoms with Gasteiger partial charge in [0.15, 0.2) is 0 Å². The largest absolute Gasteiger partial charge is 0.473 e. The number of hydrogen-bond acceptors (Lipinski definition) is 7. The summed E-state index contributed by atoms with van der Waals surface area (Å²) in [6, 6.07) is 29.5. The average molecular weight is 649 g/mol. The maximum absolute atomic E-state index is 13.8. The molecule has 2 atom stereocenters. The number of ether oxygens (including phenoxy) is 3. The van der Waals surface area contributed by atoms with Crippen LogP contribution in [0.4, 0.5) is 5.69 Å². The lowest BCUT2D eigenvalue weighted by Crippen LogP contribution is -2.40. The molecule has 0 aliphatic carbocycles. The number of anilines is 1. The van der Waals surface area contributed by atoms with Gasteiger partial charge in [-0.15, -0.1) is 0 Å². The molecule has 2 aromatic heterocycles. The van der Waals surface area contributed by atoms with Crippen molar-refractivity contribution in [2.24, 2.45) is 18.9 Å². The van der Waals surface area contributed by atoms with E-state index < -0.39 is 5.60 Å². The Labute approximate surface area is 281 Å². The van der Waals surface area contributed by atoms with E-state index in [2.05, 4.69) is 24.0 Å². The van der Waals surface area contributed by atoms with Crippen LogP contribution in [0.15, 0.2) is 95.8 Å². The van der Waals surface area contributed by atoms with Crippen molar-refractivity contribution in [2.45, 2.75) is 59.4 Å². The van der Waals surface area contributed by atoms with Gasteiger partial charge in [-0.2, -0.15) is 4.98 Å². The Morgan fingerprint density at radius 1 is 0.875 bits per heavy atom. The Hall–Kier alpha value is -5.05. The predicted octanol–water partition coefficient (Wildman–Crippen LogP) is 7.08. The lowest BCUT2D eigenvalue weighted by molar-refractivity contribution is -0.156. The summed E-state index contributed by atoms with van der Waals surface area (Å²) < 4.78 is 21.2. The van der Waals surface area contributed by atoms with Crippen LogP contribution in [0.1, 0.15) is 51.7 Å². The molecule has 0 spiro atoms. The van der Waals surface area contributed by atoms with Crippen LogP contribution in [0.3, 0.4) is 0 Å². The summed E-state index contributed by atoms with van der Waals surface area (Å²) in [5, 5.41) is 0. The van der Waals surface area contributed by atoms with Crippen LogP contribution in [0, 0.1) is 11.8 Å². The lowest BCUT2D eigenvalue weighted by Gasteiger charge is -2.38. The summed E-state index contributed by atoms with van der Waals surface area (Å²) in [5.41, 5.74) is 4.47. The van der Waals surface area contributed by atoms with Crippen LogP contribution >= 0.6 is 0 Å². The Bertz CT molecular complexity index is 1930. The van der Waals surface area contributed by atoms with Gasteiger partial charge in [-0.1, -0.05) is 67.6 Å². The van der Waals surface area contributed by atoms with Crippen molar-refractivity contribution < 1.29 is 19.0 Å². The highest BCUT2D eigenvalue weighted by Crippen LogP contribution is 2.33. The molecule has 250 valence electrons. The summed E-state index contributed by atoms with van der Waals surface area (Å²) in [4.78, 5) is 33.4. The van der Waals surface area contributed by atoms with Crippen LogP contribution in [-0.4, -0.2) is 38.8 Å². The second-order valence-electron chi connectivity index (χ2n) is 13.6. The molecule has 0 N–H and O–H groups in total. The fourth-order valence-corrected chi connectivity index (χ4v) is 6.31. The van der Waals surface area contributed by atoms with E-state index in [1.165, 1.54) is 0 Å². The number of imidazole rings is 1. The van der Waals surface area contributed by atoms with Crippen LogP contribution in [0.2, 0.25) is 0 Å². The van der Waals surface area contributed by atoms with E-state index >= 15 is 0 Å². The van der Waals surface area contributed by atoms with Crippen molar-refractivity contribution in [1.82, 2.24) is 14.1 Å². The molecular weight excluding hydrogens is 604 g/mol. The van der Waals surface area contributed by atoms with Gasteiger partial charge < -0.3 is 19.1 Å². The van der Waals surface area contributed by atoms with Gasteiger partial charge in [-0.25, -0.2) is 4.79 Å². The van der Waals surface area contributed by atoms with Crippen LogP contribution in [0.5, 0.6) is 11.8 Å². The molecule has 1 aliphatic rings. The zero-order valence-corrected chi connectivity index (χ0v) is 28.4. The van der Waals surface area contributed by atoms with Crippen LogP contribution in [-0.2, 0) is 29.8 Å². The molecule has 1 saturated heterocycles. The third-order valence-electron chi connectivity index (χ3n) is 8.84. The topological polar surface area (TPSA) is 87.8 Å². The Morgan fingerprint density at radius 3 is 2.19 bits per heavy atom. The summed E-state index contributed by atoms with van der Waals surface area (Å²) in [5.74, 6) is 1.16. The highest BCUT2D eigenvalue weighted by Gasteiger charge is 2.30. The molecule has 0 radical (unpaired) electrons. The van der Waals surface area contributed by atoms with Gasteiger partial charge in [-0.3, -0.25) is 13.9 Å². The first-order chi connectivity index (χ1) is 23.1. The monoisotopic (exact) mass is 648 g/mol. The molecule has 9 heteroatoms. The number of esters is 1.